The van der Waals surface area contributed by atoms with Crippen LogP contribution in [-0.2, 0) is 10.0 Å². The summed E-state index contributed by atoms with van der Waals surface area (Å²) in [4.78, 5) is -0.481. The maximum atomic E-state index is 13.8. The van der Waals surface area contributed by atoms with E-state index >= 15 is 0 Å². The van der Waals surface area contributed by atoms with Crippen LogP contribution in [0.15, 0.2) is 21.5 Å². The van der Waals surface area contributed by atoms with Gasteiger partial charge in [-0.25, -0.2) is 17.2 Å². The van der Waals surface area contributed by atoms with Crippen LogP contribution in [-0.4, -0.2) is 25.8 Å². The van der Waals surface area contributed by atoms with Crippen molar-refractivity contribution in [2.75, 3.05) is 13.1 Å². The molecule has 0 spiro atoms. The van der Waals surface area contributed by atoms with Gasteiger partial charge in [0.05, 0.1) is 0 Å². The van der Waals surface area contributed by atoms with Crippen LogP contribution in [0.5, 0.6) is 0 Å². The summed E-state index contributed by atoms with van der Waals surface area (Å²) in [6.07, 6.45) is 1.66. The number of hydrogen-bond donors (Lipinski definition) is 0. The molecule has 0 aliphatic carbocycles. The van der Waals surface area contributed by atoms with Crippen molar-refractivity contribution in [3.8, 4) is 0 Å². The molecule has 106 valence electrons. The highest BCUT2D eigenvalue weighted by atomic mass is 79.9. The van der Waals surface area contributed by atoms with Gasteiger partial charge in [-0.1, -0.05) is 13.3 Å². The maximum Gasteiger partial charge on any atom is 0.247 e. The Bertz CT molecular complexity index is 568. The normalized spacial score (nSPS) is 20.9. The summed E-state index contributed by atoms with van der Waals surface area (Å²) in [6.45, 7) is 2.77. The number of rotatable bonds is 3. The number of hydrogen-bond acceptors (Lipinski definition) is 2. The standard InChI is InChI=1S/C12H14BrF2NO2S/c1-2-8-3-4-16(7-8)19(17,18)12-10(13)5-9(14)6-11(12)15/h5-6,8H,2-4,7H2,1H3. The molecule has 0 N–H and O–H groups in total. The van der Waals surface area contributed by atoms with Crippen LogP contribution in [0.1, 0.15) is 19.8 Å². The highest BCUT2D eigenvalue weighted by molar-refractivity contribution is 9.10. The molecule has 1 fully saturated rings. The molecule has 1 unspecified atom stereocenters. The predicted octanol–water partition coefficient (Wildman–Crippen LogP) is 3.15. The lowest BCUT2D eigenvalue weighted by atomic mass is 10.1. The van der Waals surface area contributed by atoms with Crippen molar-refractivity contribution in [2.24, 2.45) is 5.92 Å². The molecule has 1 aromatic carbocycles. The van der Waals surface area contributed by atoms with E-state index in [1.54, 1.807) is 0 Å². The summed E-state index contributed by atoms with van der Waals surface area (Å²) in [7, 11) is -3.92. The minimum absolute atomic E-state index is 0.0788. The molecule has 1 aromatic rings. The molecule has 1 saturated heterocycles. The first-order valence-corrected chi connectivity index (χ1v) is 8.24. The van der Waals surface area contributed by atoms with E-state index in [4.69, 9.17) is 0 Å². The third-order valence-electron chi connectivity index (χ3n) is 3.39. The van der Waals surface area contributed by atoms with Gasteiger partial charge in [-0.15, -0.1) is 0 Å². The van der Waals surface area contributed by atoms with E-state index in [2.05, 4.69) is 15.9 Å². The van der Waals surface area contributed by atoms with E-state index in [-0.39, 0.29) is 4.47 Å². The van der Waals surface area contributed by atoms with E-state index in [0.717, 1.165) is 18.9 Å². The summed E-state index contributed by atoms with van der Waals surface area (Å²) < 4.78 is 52.7. The molecular weight excluding hydrogens is 340 g/mol. The summed E-state index contributed by atoms with van der Waals surface area (Å²) in [5, 5.41) is 0. The molecule has 1 aliphatic heterocycles. The third-order valence-corrected chi connectivity index (χ3v) is 6.22. The first-order valence-electron chi connectivity index (χ1n) is 6.01. The van der Waals surface area contributed by atoms with Gasteiger partial charge in [0.25, 0.3) is 0 Å². The van der Waals surface area contributed by atoms with Crippen molar-refractivity contribution in [1.82, 2.24) is 4.31 Å². The van der Waals surface area contributed by atoms with Gasteiger partial charge in [0.2, 0.25) is 10.0 Å². The Morgan fingerprint density at radius 2 is 2.11 bits per heavy atom. The first kappa shape index (κ1) is 14.9. The van der Waals surface area contributed by atoms with E-state index in [1.807, 2.05) is 6.92 Å². The van der Waals surface area contributed by atoms with Gasteiger partial charge >= 0.3 is 0 Å². The smallest absolute Gasteiger partial charge is 0.207 e. The molecule has 1 atom stereocenters. The van der Waals surface area contributed by atoms with Crippen LogP contribution in [0.4, 0.5) is 8.78 Å². The van der Waals surface area contributed by atoms with Gasteiger partial charge in [0.1, 0.15) is 16.5 Å². The van der Waals surface area contributed by atoms with Crippen LogP contribution < -0.4 is 0 Å². The highest BCUT2D eigenvalue weighted by Crippen LogP contribution is 2.32. The second-order valence-electron chi connectivity index (χ2n) is 4.62. The zero-order valence-electron chi connectivity index (χ0n) is 10.4. The van der Waals surface area contributed by atoms with Crippen molar-refractivity contribution in [1.29, 1.82) is 0 Å². The average molecular weight is 354 g/mol. The molecule has 3 nitrogen and oxygen atoms in total. The number of sulfonamides is 1. The Hall–Kier alpha value is -0.530. The van der Waals surface area contributed by atoms with E-state index in [1.165, 1.54) is 4.31 Å². The molecule has 19 heavy (non-hydrogen) atoms. The first-order chi connectivity index (χ1) is 8.86. The minimum Gasteiger partial charge on any atom is -0.207 e. The Morgan fingerprint density at radius 3 is 2.63 bits per heavy atom. The third kappa shape index (κ3) is 2.83. The molecule has 7 heteroatoms. The fourth-order valence-corrected chi connectivity index (χ4v) is 4.90. The quantitative estimate of drug-likeness (QED) is 0.836. The SMILES string of the molecule is CCC1CCN(S(=O)(=O)c2c(F)cc(F)cc2Br)C1. The molecule has 0 radical (unpaired) electrons. The fraction of sp³-hybridized carbons (Fsp3) is 0.500. The maximum absolute atomic E-state index is 13.8. The molecule has 0 bridgehead atoms. The van der Waals surface area contributed by atoms with Gasteiger partial charge in [-0.2, -0.15) is 4.31 Å². The van der Waals surface area contributed by atoms with Gasteiger partial charge < -0.3 is 0 Å². The van der Waals surface area contributed by atoms with Crippen molar-refractivity contribution in [3.63, 3.8) is 0 Å². The molecule has 0 amide bonds. The van der Waals surface area contributed by atoms with Crippen molar-refractivity contribution >= 4 is 26.0 Å². The van der Waals surface area contributed by atoms with E-state index < -0.39 is 26.6 Å². The number of benzene rings is 1. The topological polar surface area (TPSA) is 37.4 Å². The number of halogens is 3. The Labute approximate surface area is 119 Å². The van der Waals surface area contributed by atoms with Crippen molar-refractivity contribution in [3.05, 3.63) is 28.2 Å². The number of nitrogens with zero attached hydrogens (tertiary/aromatic N) is 1. The van der Waals surface area contributed by atoms with Crippen LogP contribution in [0.3, 0.4) is 0 Å². The van der Waals surface area contributed by atoms with Gasteiger partial charge in [0, 0.05) is 23.6 Å². The van der Waals surface area contributed by atoms with Gasteiger partial charge in [-0.05, 0) is 34.3 Å². The van der Waals surface area contributed by atoms with Gasteiger partial charge in [-0.3, -0.25) is 0 Å². The molecule has 1 heterocycles. The zero-order chi connectivity index (χ0) is 14.2. The van der Waals surface area contributed by atoms with Crippen LogP contribution in [0.25, 0.3) is 0 Å². The lowest BCUT2D eigenvalue weighted by Crippen LogP contribution is -2.30. The monoisotopic (exact) mass is 353 g/mol. The Morgan fingerprint density at radius 1 is 1.42 bits per heavy atom. The Balaban J connectivity index is 2.41. The lowest BCUT2D eigenvalue weighted by molar-refractivity contribution is 0.446. The molecular formula is C12H14BrF2NO2S. The predicted molar refractivity (Wildman–Crippen MR) is 71.2 cm³/mol. The Kier molecular flexibility index (Phi) is 4.27. The second kappa shape index (κ2) is 5.46. The lowest BCUT2D eigenvalue weighted by Gasteiger charge is -2.18. The van der Waals surface area contributed by atoms with Crippen molar-refractivity contribution < 1.29 is 17.2 Å². The summed E-state index contributed by atoms with van der Waals surface area (Å²) in [6, 6.07) is 1.55. The summed E-state index contributed by atoms with van der Waals surface area (Å²) in [5.41, 5.74) is 0. The zero-order valence-corrected chi connectivity index (χ0v) is 12.8. The molecule has 0 saturated carbocycles. The second-order valence-corrected chi connectivity index (χ2v) is 7.35. The summed E-state index contributed by atoms with van der Waals surface area (Å²) in [5.74, 6) is -1.57. The average Bonchev–Trinajstić information content (AvgIpc) is 2.75. The van der Waals surface area contributed by atoms with Crippen molar-refractivity contribution in [2.45, 2.75) is 24.7 Å². The van der Waals surface area contributed by atoms with Crippen LogP contribution in [0.2, 0.25) is 0 Å². The molecule has 2 rings (SSSR count). The van der Waals surface area contributed by atoms with Crippen LogP contribution in [0, 0.1) is 17.6 Å². The molecule has 1 aliphatic rings. The largest absolute Gasteiger partial charge is 0.247 e. The minimum atomic E-state index is -3.92. The highest BCUT2D eigenvalue weighted by Gasteiger charge is 2.35. The van der Waals surface area contributed by atoms with Gasteiger partial charge in [0.15, 0.2) is 0 Å². The molecule has 0 aromatic heterocycles. The fourth-order valence-electron chi connectivity index (χ4n) is 2.25. The van der Waals surface area contributed by atoms with Crippen LogP contribution >= 0.6 is 15.9 Å². The van der Waals surface area contributed by atoms with E-state index in [0.29, 0.717) is 25.1 Å². The van der Waals surface area contributed by atoms with E-state index in [9.17, 15) is 17.2 Å². The summed E-state index contributed by atoms with van der Waals surface area (Å²) >= 11 is 2.93.